The van der Waals surface area contributed by atoms with Gasteiger partial charge in [-0.05, 0) is 17.9 Å². The molecule has 78 valence electrons. The number of benzene rings is 1. The summed E-state index contributed by atoms with van der Waals surface area (Å²) in [7, 11) is 0. The zero-order valence-corrected chi connectivity index (χ0v) is 7.79. The molecule has 1 aromatic carbocycles. The number of carbonyl (C=O) groups is 1. The molecule has 1 saturated carbocycles. The zero-order valence-electron chi connectivity index (χ0n) is 7.79. The van der Waals surface area contributed by atoms with Crippen molar-refractivity contribution in [2.24, 2.45) is 5.92 Å². The maximum atomic E-state index is 10.6. The molecule has 0 radical (unpaired) electrons. The van der Waals surface area contributed by atoms with Crippen LogP contribution in [0.5, 0.6) is 0 Å². The third kappa shape index (κ3) is 1.81. The topological polar surface area (TPSA) is 80.4 Å². The maximum absolute atomic E-state index is 10.6. The smallest absolute Gasteiger partial charge is 0.307 e. The van der Waals surface area contributed by atoms with Crippen molar-refractivity contribution >= 4 is 11.7 Å². The van der Waals surface area contributed by atoms with Gasteiger partial charge in [0.1, 0.15) is 0 Å². The fraction of sp³-hybridized carbons (Fsp3) is 0.300. The highest BCUT2D eigenvalue weighted by atomic mass is 16.6. The minimum Gasteiger partial charge on any atom is -0.481 e. The predicted octanol–water partition coefficient (Wildman–Crippen LogP) is 1.78. The number of carboxylic acids is 1. The van der Waals surface area contributed by atoms with Crippen LogP contribution in [0.4, 0.5) is 5.69 Å². The number of hydrogen-bond donors (Lipinski definition) is 1. The number of nitro benzene ring substituents is 1. The van der Waals surface area contributed by atoms with E-state index in [-0.39, 0.29) is 17.5 Å². The lowest BCUT2D eigenvalue weighted by Crippen LogP contribution is -1.98. The van der Waals surface area contributed by atoms with Crippen LogP contribution in [-0.4, -0.2) is 16.0 Å². The molecule has 0 saturated heterocycles. The lowest BCUT2D eigenvalue weighted by atomic mass is 10.1. The SMILES string of the molecule is O=C(O)[C@@H]1CC1c1ccc([N+](=O)[O-])cc1. The number of aliphatic carboxylic acids is 1. The number of nitro groups is 1. The molecule has 0 bridgehead atoms. The second-order valence-corrected chi connectivity index (χ2v) is 3.64. The van der Waals surface area contributed by atoms with Crippen molar-refractivity contribution in [3.05, 3.63) is 39.9 Å². The van der Waals surface area contributed by atoms with Gasteiger partial charge in [0.15, 0.2) is 0 Å². The summed E-state index contributed by atoms with van der Waals surface area (Å²) >= 11 is 0. The second-order valence-electron chi connectivity index (χ2n) is 3.64. The summed E-state index contributed by atoms with van der Waals surface area (Å²) in [6.07, 6.45) is 0.632. The van der Waals surface area contributed by atoms with Gasteiger partial charge < -0.3 is 5.11 Å². The van der Waals surface area contributed by atoms with Crippen LogP contribution in [0.3, 0.4) is 0 Å². The van der Waals surface area contributed by atoms with Gasteiger partial charge in [-0.25, -0.2) is 0 Å². The summed E-state index contributed by atoms with van der Waals surface area (Å²) < 4.78 is 0. The zero-order chi connectivity index (χ0) is 11.0. The van der Waals surface area contributed by atoms with Crippen LogP contribution >= 0.6 is 0 Å². The highest BCUT2D eigenvalue weighted by Crippen LogP contribution is 2.47. The normalized spacial score (nSPS) is 23.5. The van der Waals surface area contributed by atoms with E-state index in [0.29, 0.717) is 6.42 Å². The Bertz CT molecular complexity index is 412. The fourth-order valence-corrected chi connectivity index (χ4v) is 1.68. The Kier molecular flexibility index (Phi) is 2.15. The molecular weight excluding hydrogens is 198 g/mol. The molecule has 1 fully saturated rings. The van der Waals surface area contributed by atoms with Gasteiger partial charge in [-0.2, -0.15) is 0 Å². The highest BCUT2D eigenvalue weighted by Gasteiger charge is 2.44. The van der Waals surface area contributed by atoms with E-state index < -0.39 is 10.9 Å². The van der Waals surface area contributed by atoms with Gasteiger partial charge in [-0.15, -0.1) is 0 Å². The summed E-state index contributed by atoms with van der Waals surface area (Å²) in [5, 5.41) is 19.1. The van der Waals surface area contributed by atoms with E-state index in [0.717, 1.165) is 5.56 Å². The Morgan fingerprint density at radius 2 is 2.00 bits per heavy atom. The highest BCUT2D eigenvalue weighted by molar-refractivity contribution is 5.75. The van der Waals surface area contributed by atoms with Crippen molar-refractivity contribution in [3.8, 4) is 0 Å². The van der Waals surface area contributed by atoms with E-state index in [9.17, 15) is 14.9 Å². The molecule has 1 aromatic rings. The average molecular weight is 207 g/mol. The first-order chi connectivity index (χ1) is 7.09. The van der Waals surface area contributed by atoms with E-state index >= 15 is 0 Å². The van der Waals surface area contributed by atoms with E-state index in [4.69, 9.17) is 5.11 Å². The van der Waals surface area contributed by atoms with Crippen molar-refractivity contribution < 1.29 is 14.8 Å². The quantitative estimate of drug-likeness (QED) is 0.605. The Morgan fingerprint density at radius 3 is 2.40 bits per heavy atom. The van der Waals surface area contributed by atoms with E-state index in [1.165, 1.54) is 12.1 Å². The number of non-ortho nitro benzene ring substituents is 1. The van der Waals surface area contributed by atoms with Gasteiger partial charge in [0.05, 0.1) is 10.8 Å². The number of rotatable bonds is 3. The van der Waals surface area contributed by atoms with Crippen LogP contribution in [0, 0.1) is 16.0 Å². The lowest BCUT2D eigenvalue weighted by Gasteiger charge is -1.97. The third-order valence-electron chi connectivity index (χ3n) is 2.64. The van der Waals surface area contributed by atoms with E-state index in [1.54, 1.807) is 12.1 Å². The Hall–Kier alpha value is -1.91. The van der Waals surface area contributed by atoms with Crippen molar-refractivity contribution in [2.75, 3.05) is 0 Å². The molecular formula is C10H9NO4. The summed E-state index contributed by atoms with van der Waals surface area (Å²) in [6, 6.07) is 6.08. The summed E-state index contributed by atoms with van der Waals surface area (Å²) in [5.41, 5.74) is 0.902. The largest absolute Gasteiger partial charge is 0.481 e. The van der Waals surface area contributed by atoms with E-state index in [1.807, 2.05) is 0 Å². The van der Waals surface area contributed by atoms with Crippen LogP contribution in [0.15, 0.2) is 24.3 Å². The molecule has 5 nitrogen and oxygen atoms in total. The first-order valence-corrected chi connectivity index (χ1v) is 4.57. The first-order valence-electron chi connectivity index (χ1n) is 4.57. The number of nitrogens with zero attached hydrogens (tertiary/aromatic N) is 1. The Morgan fingerprint density at radius 1 is 1.40 bits per heavy atom. The van der Waals surface area contributed by atoms with Gasteiger partial charge in [0.25, 0.3) is 5.69 Å². The molecule has 5 heteroatoms. The van der Waals surface area contributed by atoms with Crippen LogP contribution in [0.1, 0.15) is 17.9 Å². The molecule has 0 aliphatic heterocycles. The monoisotopic (exact) mass is 207 g/mol. The second kappa shape index (κ2) is 3.34. The minimum absolute atomic E-state index is 0.0308. The van der Waals surface area contributed by atoms with Crippen molar-refractivity contribution in [2.45, 2.75) is 12.3 Å². The van der Waals surface area contributed by atoms with Crippen LogP contribution in [0.25, 0.3) is 0 Å². The Labute approximate surface area is 85.5 Å². The third-order valence-corrected chi connectivity index (χ3v) is 2.64. The molecule has 1 N–H and O–H groups in total. The van der Waals surface area contributed by atoms with Gasteiger partial charge >= 0.3 is 5.97 Å². The average Bonchev–Trinajstić information content (AvgIpc) is 2.97. The van der Waals surface area contributed by atoms with Crippen molar-refractivity contribution in [3.63, 3.8) is 0 Å². The Balaban J connectivity index is 2.12. The molecule has 1 aliphatic rings. The molecule has 0 aromatic heterocycles. The van der Waals surface area contributed by atoms with Gasteiger partial charge in [0, 0.05) is 12.1 Å². The summed E-state index contributed by atoms with van der Waals surface area (Å²) in [4.78, 5) is 20.5. The van der Waals surface area contributed by atoms with Gasteiger partial charge in [-0.3, -0.25) is 14.9 Å². The molecule has 0 heterocycles. The van der Waals surface area contributed by atoms with Gasteiger partial charge in [-0.1, -0.05) is 12.1 Å². The fourth-order valence-electron chi connectivity index (χ4n) is 1.68. The van der Waals surface area contributed by atoms with Crippen molar-refractivity contribution in [1.29, 1.82) is 0 Å². The van der Waals surface area contributed by atoms with Crippen LogP contribution in [-0.2, 0) is 4.79 Å². The van der Waals surface area contributed by atoms with Crippen molar-refractivity contribution in [1.82, 2.24) is 0 Å². The van der Waals surface area contributed by atoms with Crippen LogP contribution in [0.2, 0.25) is 0 Å². The molecule has 0 spiro atoms. The van der Waals surface area contributed by atoms with Crippen LogP contribution < -0.4 is 0 Å². The molecule has 2 rings (SSSR count). The number of carboxylic acid groups (broad SMARTS) is 1. The molecule has 2 atom stereocenters. The molecule has 1 aliphatic carbocycles. The van der Waals surface area contributed by atoms with Gasteiger partial charge in [0.2, 0.25) is 0 Å². The summed E-state index contributed by atoms with van der Waals surface area (Å²) in [6.45, 7) is 0. The number of hydrogen-bond acceptors (Lipinski definition) is 3. The molecule has 15 heavy (non-hydrogen) atoms. The van der Waals surface area contributed by atoms with E-state index in [2.05, 4.69) is 0 Å². The molecule has 0 amide bonds. The standard InChI is InChI=1S/C10H9NO4/c12-10(13)9-5-8(9)6-1-3-7(4-2-6)11(14)15/h1-4,8-9H,5H2,(H,12,13)/t8?,9-/m1/s1. The lowest BCUT2D eigenvalue weighted by molar-refractivity contribution is -0.384. The maximum Gasteiger partial charge on any atom is 0.307 e. The predicted molar refractivity (Wildman–Crippen MR) is 51.6 cm³/mol. The minimum atomic E-state index is -0.793. The summed E-state index contributed by atoms with van der Waals surface area (Å²) in [5.74, 6) is -1.08. The molecule has 1 unspecified atom stereocenters. The first kappa shape index (κ1) is 9.64.